The molecule has 61 heavy (non-hydrogen) atoms. The summed E-state index contributed by atoms with van der Waals surface area (Å²) in [7, 11) is 0. The smallest absolute Gasteiger partial charge is 0.258 e. The molecule has 9 rings (SSSR count). The van der Waals surface area contributed by atoms with Gasteiger partial charge in [0.05, 0.1) is 17.7 Å². The van der Waals surface area contributed by atoms with Crippen molar-refractivity contribution in [2.24, 2.45) is 0 Å². The fourth-order valence-corrected chi connectivity index (χ4v) is 8.66. The van der Waals surface area contributed by atoms with E-state index in [1.807, 2.05) is 65.4 Å². The molecule has 5 heterocycles. The summed E-state index contributed by atoms with van der Waals surface area (Å²) in [5, 5.41) is 18.2. The number of nitrogens with zero attached hydrogens (tertiary/aromatic N) is 4. The van der Waals surface area contributed by atoms with Gasteiger partial charge in [-0.15, -0.1) is 0 Å². The molecule has 1 atom stereocenters. The van der Waals surface area contributed by atoms with Crippen LogP contribution in [0.3, 0.4) is 0 Å². The first-order valence-electron chi connectivity index (χ1n) is 21.0. The zero-order valence-corrected chi connectivity index (χ0v) is 33.7. The average Bonchev–Trinajstić information content (AvgIpc) is 3.86. The molecule has 4 aromatic carbocycles. The third kappa shape index (κ3) is 9.22. The second-order valence-electron chi connectivity index (χ2n) is 16.1. The van der Waals surface area contributed by atoms with E-state index < -0.39 is 17.7 Å². The molecule has 0 radical (unpaired) electrons. The Kier molecular flexibility index (Phi) is 11.7. The van der Waals surface area contributed by atoms with Crippen molar-refractivity contribution in [1.29, 1.82) is 0 Å². The van der Waals surface area contributed by atoms with Crippen molar-refractivity contribution in [2.45, 2.75) is 50.6 Å². The minimum atomic E-state index is -0.626. The van der Waals surface area contributed by atoms with Crippen LogP contribution >= 0.6 is 0 Å². The highest BCUT2D eigenvalue weighted by atomic mass is 19.1. The summed E-state index contributed by atoms with van der Waals surface area (Å²) in [4.78, 5) is 42.8. The standard InChI is InChI=1S/C46H48F2N8O5/c47-32-23-30(24-33(48)27-32)22-29-2-6-39-38(25-29)44(53-52-39)51-45(58)37-5-3-35(28-40(37)49-34-11-20-60-21-12-34)55-17-15-54(16-18-55)13-1-19-61-36-4-7-41-31(26-36)10-14-56(41)42-8-9-43(57)50-46(42)59/h2-7,10,14,23-28,34,42,49H,1,8-9,11-13,15-22H2,(H,50,57,59)(H2,51,52,53,58). The van der Waals surface area contributed by atoms with E-state index in [2.05, 4.69) is 42.0 Å². The molecular weight excluding hydrogens is 783 g/mol. The minimum absolute atomic E-state index is 0.164. The van der Waals surface area contributed by atoms with Gasteiger partial charge in [0.15, 0.2) is 5.82 Å². The normalized spacial score (nSPS) is 17.8. The SMILES string of the molecule is O=C1CCC(n2ccc3cc(OCCCN4CCN(c5ccc(C(=O)Nc6n[nH]c7ccc(Cc8cc(F)cc(F)c8)cc67)c(NC6CCOCC6)c5)CC4)ccc32)C(=O)N1. The van der Waals surface area contributed by atoms with E-state index in [-0.39, 0.29) is 23.8 Å². The molecule has 3 amide bonds. The van der Waals surface area contributed by atoms with Crippen LogP contribution < -0.4 is 25.6 Å². The van der Waals surface area contributed by atoms with Crippen molar-refractivity contribution in [3.8, 4) is 5.75 Å². The number of halogens is 2. The number of nitrogens with one attached hydrogen (secondary N) is 4. The number of aromatic nitrogens is 3. The van der Waals surface area contributed by atoms with E-state index >= 15 is 0 Å². The molecular formula is C46H48F2N8O5. The lowest BCUT2D eigenvalue weighted by molar-refractivity contribution is -0.135. The lowest BCUT2D eigenvalue weighted by Crippen LogP contribution is -2.46. The Bertz CT molecular complexity index is 2560. The van der Waals surface area contributed by atoms with E-state index in [0.717, 1.165) is 97.2 Å². The first-order valence-corrected chi connectivity index (χ1v) is 21.0. The van der Waals surface area contributed by atoms with Gasteiger partial charge in [0.25, 0.3) is 5.91 Å². The largest absolute Gasteiger partial charge is 0.494 e. The first kappa shape index (κ1) is 40.1. The summed E-state index contributed by atoms with van der Waals surface area (Å²) in [6.45, 7) is 6.28. The second kappa shape index (κ2) is 17.7. The van der Waals surface area contributed by atoms with Crippen LogP contribution in [0.15, 0.2) is 85.1 Å². The molecule has 13 nitrogen and oxygen atoms in total. The van der Waals surface area contributed by atoms with E-state index in [0.29, 0.717) is 61.4 Å². The molecule has 0 aliphatic carbocycles. The summed E-state index contributed by atoms with van der Waals surface area (Å²) in [6.07, 6.45) is 5.58. The van der Waals surface area contributed by atoms with Crippen LogP contribution in [-0.2, 0) is 20.7 Å². The molecule has 1 unspecified atom stereocenters. The highest BCUT2D eigenvalue weighted by Gasteiger charge is 2.29. The van der Waals surface area contributed by atoms with Gasteiger partial charge in [-0.3, -0.25) is 29.7 Å². The first-order chi connectivity index (χ1) is 29.7. The van der Waals surface area contributed by atoms with E-state index in [1.54, 1.807) is 0 Å². The van der Waals surface area contributed by atoms with Crippen molar-refractivity contribution in [3.05, 3.63) is 113 Å². The van der Waals surface area contributed by atoms with Crippen molar-refractivity contribution < 1.29 is 32.6 Å². The van der Waals surface area contributed by atoms with Crippen molar-refractivity contribution in [3.63, 3.8) is 0 Å². The van der Waals surface area contributed by atoms with E-state index in [9.17, 15) is 23.2 Å². The molecule has 2 aromatic heterocycles. The molecule has 0 saturated carbocycles. The van der Waals surface area contributed by atoms with E-state index in [1.165, 1.54) is 12.1 Å². The number of amides is 3. The Morgan fingerprint density at radius 3 is 2.51 bits per heavy atom. The molecule has 3 aliphatic rings. The summed E-state index contributed by atoms with van der Waals surface area (Å²) >= 11 is 0. The number of rotatable bonds is 13. The van der Waals surface area contributed by atoms with Crippen molar-refractivity contribution in [1.82, 2.24) is 25.0 Å². The van der Waals surface area contributed by atoms with Crippen LogP contribution in [0, 0.1) is 11.6 Å². The Morgan fingerprint density at radius 1 is 0.885 bits per heavy atom. The Morgan fingerprint density at radius 2 is 1.70 bits per heavy atom. The van der Waals surface area contributed by atoms with Gasteiger partial charge in [0.1, 0.15) is 23.4 Å². The number of benzene rings is 4. The number of imide groups is 1. The molecule has 4 N–H and O–H groups in total. The zero-order chi connectivity index (χ0) is 41.9. The van der Waals surface area contributed by atoms with Gasteiger partial charge in [0.2, 0.25) is 11.8 Å². The number of H-pyrrole nitrogens is 1. The Balaban J connectivity index is 0.808. The molecule has 15 heteroatoms. The summed E-state index contributed by atoms with van der Waals surface area (Å²) < 4.78 is 41.4. The summed E-state index contributed by atoms with van der Waals surface area (Å²) in [6, 6.07) is 22.7. The Hall–Kier alpha value is -6.32. The fraction of sp³-hybridized carbons (Fsp3) is 0.348. The van der Waals surface area contributed by atoms with Crippen LogP contribution in [0.2, 0.25) is 0 Å². The lowest BCUT2D eigenvalue weighted by Gasteiger charge is -2.36. The lowest BCUT2D eigenvalue weighted by atomic mass is 10.0. The van der Waals surface area contributed by atoms with Crippen molar-refractivity contribution >= 4 is 56.7 Å². The molecule has 6 aromatic rings. The topological polar surface area (TPSA) is 146 Å². The molecule has 3 aliphatic heterocycles. The van der Waals surface area contributed by atoms with Gasteiger partial charge >= 0.3 is 0 Å². The van der Waals surface area contributed by atoms with Gasteiger partial charge in [0, 0.05) is 98.3 Å². The van der Waals surface area contributed by atoms with E-state index in [4.69, 9.17) is 9.47 Å². The summed E-state index contributed by atoms with van der Waals surface area (Å²) in [5.41, 5.74) is 5.29. The number of piperazine rings is 1. The molecule has 0 bridgehead atoms. The fourth-order valence-electron chi connectivity index (χ4n) is 8.66. The predicted octanol–water partition coefficient (Wildman–Crippen LogP) is 6.80. The highest BCUT2D eigenvalue weighted by molar-refractivity contribution is 6.11. The summed E-state index contributed by atoms with van der Waals surface area (Å²) in [5.74, 6) is -0.887. The number of fused-ring (bicyclic) bond motifs is 2. The van der Waals surface area contributed by atoms with Crippen LogP contribution in [0.4, 0.5) is 26.0 Å². The second-order valence-corrected chi connectivity index (χ2v) is 16.1. The van der Waals surface area contributed by atoms with Gasteiger partial charge < -0.3 is 29.6 Å². The number of ether oxygens (including phenoxy) is 2. The number of aromatic amines is 1. The molecule has 3 saturated heterocycles. The monoisotopic (exact) mass is 830 g/mol. The average molecular weight is 831 g/mol. The van der Waals surface area contributed by atoms with Crippen LogP contribution in [0.25, 0.3) is 21.8 Å². The molecule has 3 fully saturated rings. The van der Waals surface area contributed by atoms with Gasteiger partial charge in [-0.1, -0.05) is 6.07 Å². The van der Waals surface area contributed by atoms with Gasteiger partial charge in [-0.2, -0.15) is 5.10 Å². The molecule has 0 spiro atoms. The number of piperidine rings is 1. The number of hydrogen-bond donors (Lipinski definition) is 4. The number of anilines is 3. The van der Waals surface area contributed by atoms with Crippen LogP contribution in [-0.4, -0.2) is 96.0 Å². The maximum Gasteiger partial charge on any atom is 0.258 e. The quantitative estimate of drug-likeness (QED) is 0.0730. The van der Waals surface area contributed by atoms with Crippen LogP contribution in [0.5, 0.6) is 5.75 Å². The zero-order valence-electron chi connectivity index (χ0n) is 33.7. The van der Waals surface area contributed by atoms with Crippen molar-refractivity contribution in [2.75, 3.05) is 68.1 Å². The van der Waals surface area contributed by atoms with Crippen LogP contribution in [0.1, 0.15) is 59.6 Å². The molecule has 316 valence electrons. The van der Waals surface area contributed by atoms with Gasteiger partial charge in [-0.25, -0.2) is 8.78 Å². The van der Waals surface area contributed by atoms with Gasteiger partial charge in [-0.05, 0) is 110 Å². The number of carbonyl (C=O) groups excluding carboxylic acids is 3. The number of hydrogen-bond acceptors (Lipinski definition) is 9. The highest BCUT2D eigenvalue weighted by Crippen LogP contribution is 2.31. The maximum atomic E-state index is 14.0. The minimum Gasteiger partial charge on any atom is -0.494 e. The predicted molar refractivity (Wildman–Crippen MR) is 229 cm³/mol. The third-order valence-corrected chi connectivity index (χ3v) is 11.9. The third-order valence-electron chi connectivity index (χ3n) is 11.9. The Labute approximate surface area is 351 Å². The maximum absolute atomic E-state index is 14.0. The number of carbonyl (C=O) groups is 3.